The summed E-state index contributed by atoms with van der Waals surface area (Å²) in [5.74, 6) is -0.760. The number of carboxylic acids is 1. The fourth-order valence-corrected chi connectivity index (χ4v) is 2.39. The first kappa shape index (κ1) is 20.5. The van der Waals surface area contributed by atoms with Crippen molar-refractivity contribution in [3.63, 3.8) is 0 Å². The van der Waals surface area contributed by atoms with Crippen molar-refractivity contribution < 1.29 is 19.4 Å². The summed E-state index contributed by atoms with van der Waals surface area (Å²) in [5, 5.41) is 11.9. The summed E-state index contributed by atoms with van der Waals surface area (Å²) in [6.07, 6.45) is 4.50. The number of carbonyl (C=O) groups excluding carboxylic acids is 1. The highest BCUT2D eigenvalue weighted by Gasteiger charge is 2.31. The maximum Gasteiger partial charge on any atom is 0.408 e. The van der Waals surface area contributed by atoms with E-state index in [-0.39, 0.29) is 5.92 Å². The van der Waals surface area contributed by atoms with Crippen LogP contribution in [0.2, 0.25) is 0 Å². The Morgan fingerprint density at radius 2 is 1.95 bits per heavy atom. The molecule has 0 saturated carbocycles. The molecule has 3 atom stereocenters. The van der Waals surface area contributed by atoms with Crippen LogP contribution >= 0.6 is 0 Å². The number of hydrogen-bond acceptors (Lipinski definition) is 3. The predicted molar refractivity (Wildman–Crippen MR) is 87.8 cm³/mol. The van der Waals surface area contributed by atoms with Gasteiger partial charge in [0, 0.05) is 0 Å². The van der Waals surface area contributed by atoms with Gasteiger partial charge in [-0.05, 0) is 51.9 Å². The maximum atomic E-state index is 11.8. The predicted octanol–water partition coefficient (Wildman–Crippen LogP) is 3.98. The molecule has 0 saturated heterocycles. The number of nitrogens with one attached hydrogen (secondary N) is 1. The fraction of sp³-hybridized carbons (Fsp3) is 0.765. The summed E-state index contributed by atoms with van der Waals surface area (Å²) in [7, 11) is 0. The van der Waals surface area contributed by atoms with Crippen LogP contribution in [0.5, 0.6) is 0 Å². The number of amides is 1. The highest BCUT2D eigenvalue weighted by molar-refractivity contribution is 5.80. The summed E-state index contributed by atoms with van der Waals surface area (Å²) < 4.78 is 5.16. The molecular weight excluding hydrogens is 282 g/mol. The van der Waals surface area contributed by atoms with Crippen molar-refractivity contribution in [3.05, 3.63) is 12.7 Å². The van der Waals surface area contributed by atoms with Crippen LogP contribution in [0.4, 0.5) is 4.79 Å². The molecule has 0 spiro atoms. The van der Waals surface area contributed by atoms with Gasteiger partial charge in [-0.3, -0.25) is 0 Å². The van der Waals surface area contributed by atoms with Gasteiger partial charge < -0.3 is 15.2 Å². The van der Waals surface area contributed by atoms with Gasteiger partial charge in [0.15, 0.2) is 0 Å². The lowest BCUT2D eigenvalue weighted by Gasteiger charge is -2.28. The summed E-state index contributed by atoms with van der Waals surface area (Å²) in [5.41, 5.74) is -0.647. The molecule has 0 aliphatic rings. The molecule has 0 unspecified atom stereocenters. The Balaban J connectivity index is 4.77. The van der Waals surface area contributed by atoms with E-state index < -0.39 is 23.7 Å². The molecule has 0 rings (SSSR count). The maximum absolute atomic E-state index is 11.8. The first-order valence-electron chi connectivity index (χ1n) is 7.93. The molecule has 0 aromatic heterocycles. The van der Waals surface area contributed by atoms with Gasteiger partial charge in [0.1, 0.15) is 11.6 Å². The molecule has 1 amide bonds. The van der Waals surface area contributed by atoms with Crippen LogP contribution < -0.4 is 5.32 Å². The van der Waals surface area contributed by atoms with E-state index in [1.807, 2.05) is 13.0 Å². The van der Waals surface area contributed by atoms with Gasteiger partial charge in [0.05, 0.1) is 0 Å². The number of hydrogen-bond donors (Lipinski definition) is 2. The van der Waals surface area contributed by atoms with Gasteiger partial charge in [0.25, 0.3) is 0 Å². The largest absolute Gasteiger partial charge is 0.480 e. The Kier molecular flexibility index (Phi) is 8.83. The second-order valence-electron chi connectivity index (χ2n) is 6.84. The minimum atomic E-state index is -1.02. The number of allylic oxidation sites excluding steroid dienone is 1. The molecule has 5 nitrogen and oxygen atoms in total. The third kappa shape index (κ3) is 8.70. The van der Waals surface area contributed by atoms with Gasteiger partial charge in [-0.1, -0.05) is 26.3 Å². The molecule has 5 heteroatoms. The van der Waals surface area contributed by atoms with Crippen molar-refractivity contribution in [2.75, 3.05) is 0 Å². The van der Waals surface area contributed by atoms with Crippen LogP contribution in [0.25, 0.3) is 0 Å². The summed E-state index contributed by atoms with van der Waals surface area (Å²) in [4.78, 5) is 23.4. The topological polar surface area (TPSA) is 75.6 Å². The van der Waals surface area contributed by atoms with E-state index in [4.69, 9.17) is 4.74 Å². The van der Waals surface area contributed by atoms with Crippen molar-refractivity contribution in [1.29, 1.82) is 0 Å². The smallest absolute Gasteiger partial charge is 0.408 e. The van der Waals surface area contributed by atoms with E-state index in [9.17, 15) is 14.7 Å². The first-order valence-corrected chi connectivity index (χ1v) is 7.93. The molecule has 0 aliphatic carbocycles. The zero-order chi connectivity index (χ0) is 17.3. The average Bonchev–Trinajstić information content (AvgIpc) is 2.37. The SMILES string of the molecule is C=CCC[C@@H](C)C[C@@H](CC)[C@@H](NC(=O)OC(C)(C)C)C(=O)O. The monoisotopic (exact) mass is 313 g/mol. The van der Waals surface area contributed by atoms with Gasteiger partial charge in [-0.25, -0.2) is 9.59 Å². The number of carbonyl (C=O) groups is 2. The van der Waals surface area contributed by atoms with Crippen LogP contribution in [0.1, 0.15) is 60.3 Å². The number of ether oxygens (including phenoxy) is 1. The third-order valence-corrected chi connectivity index (χ3v) is 3.50. The summed E-state index contributed by atoms with van der Waals surface area (Å²) in [6.45, 7) is 13.0. The lowest BCUT2D eigenvalue weighted by molar-refractivity contribution is -0.141. The van der Waals surface area contributed by atoms with Crippen LogP contribution in [-0.4, -0.2) is 28.8 Å². The Morgan fingerprint density at radius 1 is 1.36 bits per heavy atom. The standard InChI is InChI=1S/C17H31NO4/c1-7-9-10-12(3)11-13(8-2)14(15(19)20)18-16(21)22-17(4,5)6/h7,12-14H,1,8-11H2,2-6H3,(H,18,21)(H,19,20)/t12-,13-,14-/m1/s1. The Morgan fingerprint density at radius 3 is 2.36 bits per heavy atom. The van der Waals surface area contributed by atoms with Crippen LogP contribution in [0.3, 0.4) is 0 Å². The van der Waals surface area contributed by atoms with E-state index in [1.54, 1.807) is 20.8 Å². The molecule has 0 radical (unpaired) electrons. The molecular formula is C17H31NO4. The van der Waals surface area contributed by atoms with E-state index >= 15 is 0 Å². The van der Waals surface area contributed by atoms with Gasteiger partial charge in [-0.15, -0.1) is 6.58 Å². The third-order valence-electron chi connectivity index (χ3n) is 3.50. The summed E-state index contributed by atoms with van der Waals surface area (Å²) >= 11 is 0. The Labute approximate surface area is 134 Å². The lowest BCUT2D eigenvalue weighted by Crippen LogP contribution is -2.48. The normalized spacial score (nSPS) is 15.5. The molecule has 22 heavy (non-hydrogen) atoms. The number of alkyl carbamates (subject to hydrolysis) is 1. The minimum Gasteiger partial charge on any atom is -0.480 e. The van der Waals surface area contributed by atoms with Gasteiger partial charge in [0.2, 0.25) is 0 Å². The molecule has 128 valence electrons. The average molecular weight is 313 g/mol. The minimum absolute atomic E-state index is 0.121. The molecule has 0 fully saturated rings. The van der Waals surface area contributed by atoms with Crippen LogP contribution in [0.15, 0.2) is 12.7 Å². The van der Waals surface area contributed by atoms with Crippen LogP contribution in [0, 0.1) is 11.8 Å². The first-order chi connectivity index (χ1) is 10.1. The Hall–Kier alpha value is -1.52. The van der Waals surface area contributed by atoms with E-state index in [0.717, 1.165) is 19.3 Å². The van der Waals surface area contributed by atoms with Gasteiger partial charge >= 0.3 is 12.1 Å². The van der Waals surface area contributed by atoms with Crippen LogP contribution in [-0.2, 0) is 9.53 Å². The highest BCUT2D eigenvalue weighted by Crippen LogP contribution is 2.23. The second-order valence-corrected chi connectivity index (χ2v) is 6.84. The number of aliphatic carboxylic acids is 1. The Bertz CT molecular complexity index is 373. The van der Waals surface area contributed by atoms with Crippen molar-refractivity contribution in [2.45, 2.75) is 71.9 Å². The molecule has 0 bridgehead atoms. The van der Waals surface area contributed by atoms with Crippen molar-refractivity contribution in [3.8, 4) is 0 Å². The zero-order valence-electron chi connectivity index (χ0n) is 14.5. The number of carboxylic acid groups (broad SMARTS) is 1. The second kappa shape index (κ2) is 9.49. The molecule has 0 aromatic carbocycles. The molecule has 0 aromatic rings. The quantitative estimate of drug-likeness (QED) is 0.631. The summed E-state index contributed by atoms with van der Waals surface area (Å²) in [6, 6.07) is -0.925. The van der Waals surface area contributed by atoms with Crippen molar-refractivity contribution >= 4 is 12.1 Å². The zero-order valence-corrected chi connectivity index (χ0v) is 14.5. The molecule has 2 N–H and O–H groups in total. The van der Waals surface area contributed by atoms with Gasteiger partial charge in [-0.2, -0.15) is 0 Å². The molecule has 0 aliphatic heterocycles. The lowest BCUT2D eigenvalue weighted by atomic mass is 9.85. The van der Waals surface area contributed by atoms with Crippen molar-refractivity contribution in [2.24, 2.45) is 11.8 Å². The highest BCUT2D eigenvalue weighted by atomic mass is 16.6. The van der Waals surface area contributed by atoms with E-state index in [0.29, 0.717) is 12.3 Å². The van der Waals surface area contributed by atoms with Crippen molar-refractivity contribution in [1.82, 2.24) is 5.32 Å². The van der Waals surface area contributed by atoms with E-state index in [1.165, 1.54) is 0 Å². The van der Waals surface area contributed by atoms with E-state index in [2.05, 4.69) is 18.8 Å². The fourth-order valence-electron chi connectivity index (χ4n) is 2.39. The molecule has 0 heterocycles. The number of rotatable bonds is 9.